The normalized spacial score (nSPS) is 22.6. The molecule has 1 fully saturated rings. The summed E-state index contributed by atoms with van der Waals surface area (Å²) in [5, 5.41) is 18.3. The second kappa shape index (κ2) is 6.10. The van der Waals surface area contributed by atoms with E-state index in [-0.39, 0.29) is 6.04 Å². The average molecular weight is 351 g/mol. The van der Waals surface area contributed by atoms with Crippen LogP contribution in [0, 0.1) is 0 Å². The van der Waals surface area contributed by atoms with Gasteiger partial charge in [-0.2, -0.15) is 5.10 Å². The van der Waals surface area contributed by atoms with Crippen molar-refractivity contribution in [1.29, 1.82) is 0 Å². The summed E-state index contributed by atoms with van der Waals surface area (Å²) < 4.78 is 1.72. The van der Waals surface area contributed by atoms with Gasteiger partial charge in [-0.15, -0.1) is 0 Å². The van der Waals surface area contributed by atoms with Crippen molar-refractivity contribution in [2.45, 2.75) is 37.8 Å². The number of primary amides is 1. The highest BCUT2D eigenvalue weighted by molar-refractivity contribution is 6.02. The summed E-state index contributed by atoms with van der Waals surface area (Å²) in [5.41, 5.74) is 8.38. The maximum absolute atomic E-state index is 11.9. The number of nitrogens with zero attached hydrogens (tertiary/aromatic N) is 3. The van der Waals surface area contributed by atoms with Crippen molar-refractivity contribution < 1.29 is 9.90 Å². The van der Waals surface area contributed by atoms with Crippen molar-refractivity contribution in [3.05, 3.63) is 48.5 Å². The van der Waals surface area contributed by atoms with E-state index in [1.807, 2.05) is 31.3 Å². The van der Waals surface area contributed by atoms with Gasteiger partial charge in [0.2, 0.25) is 0 Å². The lowest BCUT2D eigenvalue weighted by Gasteiger charge is -2.28. The first kappa shape index (κ1) is 16.5. The number of rotatable bonds is 4. The van der Waals surface area contributed by atoms with E-state index in [2.05, 4.69) is 15.4 Å². The van der Waals surface area contributed by atoms with Crippen LogP contribution in [0.25, 0.3) is 16.6 Å². The Kier molecular flexibility index (Phi) is 3.88. The first-order valence-corrected chi connectivity index (χ1v) is 8.66. The van der Waals surface area contributed by atoms with Crippen LogP contribution in [0.5, 0.6) is 0 Å². The molecule has 0 spiro atoms. The molecule has 0 aliphatic heterocycles. The van der Waals surface area contributed by atoms with E-state index >= 15 is 0 Å². The van der Waals surface area contributed by atoms with E-state index < -0.39 is 11.5 Å². The standard InChI is InChI=1S/C19H21N5O2/c1-19(26)6-2-3-16(19)23-17-14(18(20)25)10-22-24-11-13(9-15(17)24)12-4-7-21-8-5-12/h4-5,7-11,16,23,26H,2-3,6H2,1H3,(H2,20,25)/t16-,19-/m1/s1. The smallest absolute Gasteiger partial charge is 0.252 e. The highest BCUT2D eigenvalue weighted by Crippen LogP contribution is 2.35. The molecule has 0 radical (unpaired) electrons. The van der Waals surface area contributed by atoms with Crippen molar-refractivity contribution in [1.82, 2.24) is 14.6 Å². The second-order valence-corrected chi connectivity index (χ2v) is 7.04. The van der Waals surface area contributed by atoms with Gasteiger partial charge in [-0.25, -0.2) is 4.52 Å². The van der Waals surface area contributed by atoms with Gasteiger partial charge in [0.25, 0.3) is 5.91 Å². The molecule has 1 aliphatic carbocycles. The number of nitrogens with one attached hydrogen (secondary N) is 1. The third-order valence-corrected chi connectivity index (χ3v) is 5.16. The molecule has 0 saturated heterocycles. The fraction of sp³-hybridized carbons (Fsp3) is 0.316. The molecule has 4 rings (SSSR count). The molecule has 1 amide bonds. The Morgan fingerprint density at radius 1 is 1.38 bits per heavy atom. The summed E-state index contributed by atoms with van der Waals surface area (Å²) >= 11 is 0. The third-order valence-electron chi connectivity index (χ3n) is 5.16. The van der Waals surface area contributed by atoms with Crippen molar-refractivity contribution in [3.8, 4) is 11.1 Å². The van der Waals surface area contributed by atoms with E-state index in [1.165, 1.54) is 6.20 Å². The Balaban J connectivity index is 1.84. The lowest BCUT2D eigenvalue weighted by molar-refractivity contribution is 0.0578. The lowest BCUT2D eigenvalue weighted by atomic mass is 10.00. The summed E-state index contributed by atoms with van der Waals surface area (Å²) in [6, 6.07) is 5.64. The molecule has 3 heterocycles. The Bertz CT molecular complexity index is 965. The number of anilines is 1. The van der Waals surface area contributed by atoms with Crippen molar-refractivity contribution in [2.24, 2.45) is 5.73 Å². The molecule has 7 nitrogen and oxygen atoms in total. The van der Waals surface area contributed by atoms with E-state index in [4.69, 9.17) is 5.73 Å². The molecule has 2 atom stereocenters. The Hall–Kier alpha value is -2.93. The molecule has 1 aliphatic rings. The van der Waals surface area contributed by atoms with Gasteiger partial charge in [-0.05, 0) is 49.9 Å². The molecule has 4 N–H and O–H groups in total. The Morgan fingerprint density at radius 3 is 2.81 bits per heavy atom. The fourth-order valence-electron chi connectivity index (χ4n) is 3.65. The number of hydrogen-bond donors (Lipinski definition) is 3. The van der Waals surface area contributed by atoms with Crippen LogP contribution < -0.4 is 11.1 Å². The monoisotopic (exact) mass is 351 g/mol. The van der Waals surface area contributed by atoms with E-state index in [0.29, 0.717) is 11.3 Å². The minimum Gasteiger partial charge on any atom is -0.388 e. The van der Waals surface area contributed by atoms with E-state index in [1.54, 1.807) is 16.9 Å². The number of aromatic nitrogens is 3. The van der Waals surface area contributed by atoms with Crippen LogP contribution >= 0.6 is 0 Å². The molecule has 7 heteroatoms. The van der Waals surface area contributed by atoms with Crippen LogP contribution in [0.15, 0.2) is 43.0 Å². The maximum Gasteiger partial charge on any atom is 0.252 e. The Morgan fingerprint density at radius 2 is 2.15 bits per heavy atom. The SMILES string of the molecule is C[C@@]1(O)CCC[C@H]1Nc1c(C(N)=O)cnn2cc(-c3ccncc3)cc12. The average Bonchev–Trinajstić information content (AvgIpc) is 3.19. The zero-order valence-corrected chi connectivity index (χ0v) is 14.5. The van der Waals surface area contributed by atoms with Gasteiger partial charge in [0.1, 0.15) is 0 Å². The second-order valence-electron chi connectivity index (χ2n) is 7.04. The fourth-order valence-corrected chi connectivity index (χ4v) is 3.65. The minimum atomic E-state index is -0.824. The van der Waals surface area contributed by atoms with Gasteiger partial charge in [0.15, 0.2) is 0 Å². The maximum atomic E-state index is 11.9. The van der Waals surface area contributed by atoms with Gasteiger partial charge >= 0.3 is 0 Å². The predicted molar refractivity (Wildman–Crippen MR) is 98.8 cm³/mol. The molecule has 1 saturated carbocycles. The van der Waals surface area contributed by atoms with Crippen molar-refractivity contribution in [2.75, 3.05) is 5.32 Å². The molecular weight excluding hydrogens is 330 g/mol. The Labute approximate surface area is 150 Å². The molecule has 3 aromatic rings. The topological polar surface area (TPSA) is 106 Å². The van der Waals surface area contributed by atoms with Crippen molar-refractivity contribution >= 4 is 17.1 Å². The van der Waals surface area contributed by atoms with Gasteiger partial charge < -0.3 is 16.2 Å². The molecule has 3 aromatic heterocycles. The number of amides is 1. The minimum absolute atomic E-state index is 0.147. The van der Waals surface area contributed by atoms with Crippen LogP contribution in [0.3, 0.4) is 0 Å². The summed E-state index contributed by atoms with van der Waals surface area (Å²) in [6.45, 7) is 1.82. The largest absolute Gasteiger partial charge is 0.388 e. The van der Waals surface area contributed by atoms with Gasteiger partial charge in [-0.1, -0.05) is 0 Å². The first-order chi connectivity index (χ1) is 12.5. The third kappa shape index (κ3) is 2.80. The molecule has 26 heavy (non-hydrogen) atoms. The number of nitrogens with two attached hydrogens (primary N) is 1. The van der Waals surface area contributed by atoms with Crippen LogP contribution in [-0.2, 0) is 0 Å². The summed E-state index contributed by atoms with van der Waals surface area (Å²) in [6.07, 6.45) is 9.31. The number of pyridine rings is 1. The lowest BCUT2D eigenvalue weighted by Crippen LogP contribution is -2.40. The van der Waals surface area contributed by atoms with Gasteiger partial charge in [-0.3, -0.25) is 9.78 Å². The highest BCUT2D eigenvalue weighted by atomic mass is 16.3. The summed E-state index contributed by atoms with van der Waals surface area (Å²) in [4.78, 5) is 16.0. The highest BCUT2D eigenvalue weighted by Gasteiger charge is 2.37. The zero-order chi connectivity index (χ0) is 18.3. The number of aliphatic hydroxyl groups is 1. The molecular formula is C19H21N5O2. The number of carbonyl (C=O) groups excluding carboxylic acids is 1. The molecule has 134 valence electrons. The van der Waals surface area contributed by atoms with Gasteiger partial charge in [0.05, 0.1) is 34.6 Å². The number of fused-ring (bicyclic) bond motifs is 1. The number of hydrogen-bond acceptors (Lipinski definition) is 5. The number of carbonyl (C=O) groups is 1. The quantitative estimate of drug-likeness (QED) is 0.668. The van der Waals surface area contributed by atoms with Crippen LogP contribution in [0.4, 0.5) is 5.69 Å². The van der Waals surface area contributed by atoms with Gasteiger partial charge in [0, 0.05) is 24.2 Å². The van der Waals surface area contributed by atoms with Crippen LogP contribution in [-0.4, -0.2) is 37.3 Å². The van der Waals surface area contributed by atoms with E-state index in [9.17, 15) is 9.90 Å². The first-order valence-electron chi connectivity index (χ1n) is 8.66. The van der Waals surface area contributed by atoms with E-state index in [0.717, 1.165) is 35.9 Å². The predicted octanol–water partition coefficient (Wildman–Crippen LogP) is 2.21. The summed E-state index contributed by atoms with van der Waals surface area (Å²) in [7, 11) is 0. The summed E-state index contributed by atoms with van der Waals surface area (Å²) in [5.74, 6) is -0.549. The molecule has 0 unspecified atom stereocenters. The van der Waals surface area contributed by atoms with Crippen LogP contribution in [0.2, 0.25) is 0 Å². The molecule has 0 bridgehead atoms. The van der Waals surface area contributed by atoms with Crippen molar-refractivity contribution in [3.63, 3.8) is 0 Å². The zero-order valence-electron chi connectivity index (χ0n) is 14.5. The van der Waals surface area contributed by atoms with Crippen LogP contribution in [0.1, 0.15) is 36.5 Å². The molecule has 0 aromatic carbocycles.